The van der Waals surface area contributed by atoms with Crippen LogP contribution in [0.1, 0.15) is 58.8 Å². The third-order valence-corrected chi connectivity index (χ3v) is 4.91. The van der Waals surface area contributed by atoms with Crippen LogP contribution >= 0.6 is 0 Å². The van der Waals surface area contributed by atoms with Gasteiger partial charge in [-0.2, -0.15) is 0 Å². The zero-order chi connectivity index (χ0) is 12.3. The van der Waals surface area contributed by atoms with Crippen LogP contribution in [0.3, 0.4) is 0 Å². The van der Waals surface area contributed by atoms with Gasteiger partial charge >= 0.3 is 0 Å². The number of nitrogens with zero attached hydrogens (tertiary/aromatic N) is 1. The predicted molar refractivity (Wildman–Crippen MR) is 74.3 cm³/mol. The highest BCUT2D eigenvalue weighted by molar-refractivity contribution is 4.91. The highest BCUT2D eigenvalue weighted by Crippen LogP contribution is 2.28. The molecule has 0 amide bonds. The Labute approximate surface area is 107 Å². The Kier molecular flexibility index (Phi) is 4.48. The molecule has 2 fully saturated rings. The Balaban J connectivity index is 1.81. The number of hydrogen-bond acceptors (Lipinski definition) is 2. The Bertz CT molecular complexity index is 225. The van der Waals surface area contributed by atoms with Crippen molar-refractivity contribution >= 4 is 0 Å². The first-order valence-electron chi connectivity index (χ1n) is 7.54. The molecule has 0 spiro atoms. The quantitative estimate of drug-likeness (QED) is 0.813. The minimum absolute atomic E-state index is 0.371. The average molecular weight is 238 g/mol. The number of likely N-dealkylation sites (N-methyl/N-ethyl adjacent to an activating group) is 1. The summed E-state index contributed by atoms with van der Waals surface area (Å²) in [5.74, 6) is 0.961. The number of hydrogen-bond donors (Lipinski definition) is 1. The molecular formula is C15H30N2. The molecule has 1 saturated carbocycles. The lowest BCUT2D eigenvalue weighted by molar-refractivity contribution is 0.117. The Morgan fingerprint density at radius 3 is 2.47 bits per heavy atom. The molecule has 1 N–H and O–H groups in total. The summed E-state index contributed by atoms with van der Waals surface area (Å²) < 4.78 is 0. The summed E-state index contributed by atoms with van der Waals surface area (Å²) in [5.41, 5.74) is 0.371. The zero-order valence-corrected chi connectivity index (χ0v) is 12.0. The molecule has 2 aliphatic rings. The molecular weight excluding hydrogens is 208 g/mol. The first-order valence-corrected chi connectivity index (χ1v) is 7.54. The molecule has 1 aliphatic carbocycles. The largest absolute Gasteiger partial charge is 0.310 e. The first-order chi connectivity index (χ1) is 8.09. The van der Waals surface area contributed by atoms with Crippen LogP contribution in [0.5, 0.6) is 0 Å². The molecule has 0 radical (unpaired) electrons. The van der Waals surface area contributed by atoms with E-state index < -0.39 is 0 Å². The van der Waals surface area contributed by atoms with Gasteiger partial charge in [0.15, 0.2) is 0 Å². The van der Waals surface area contributed by atoms with Gasteiger partial charge in [0, 0.05) is 18.1 Å². The monoisotopic (exact) mass is 238 g/mol. The fourth-order valence-electron chi connectivity index (χ4n) is 3.62. The second-order valence-electron chi connectivity index (χ2n) is 6.77. The zero-order valence-electron chi connectivity index (χ0n) is 12.0. The van der Waals surface area contributed by atoms with Gasteiger partial charge in [0.05, 0.1) is 0 Å². The van der Waals surface area contributed by atoms with Gasteiger partial charge in [-0.25, -0.2) is 0 Å². The van der Waals surface area contributed by atoms with Crippen LogP contribution in [-0.4, -0.2) is 36.6 Å². The van der Waals surface area contributed by atoms with Crippen molar-refractivity contribution in [2.24, 2.45) is 5.92 Å². The summed E-state index contributed by atoms with van der Waals surface area (Å²) in [6.07, 6.45) is 9.79. The third kappa shape index (κ3) is 3.69. The topological polar surface area (TPSA) is 15.3 Å². The summed E-state index contributed by atoms with van der Waals surface area (Å²) in [7, 11) is 2.34. The van der Waals surface area contributed by atoms with E-state index in [0.29, 0.717) is 5.54 Å². The number of rotatable bonds is 3. The van der Waals surface area contributed by atoms with E-state index in [-0.39, 0.29) is 0 Å². The second kappa shape index (κ2) is 5.71. The van der Waals surface area contributed by atoms with Crippen LogP contribution in [0.25, 0.3) is 0 Å². The summed E-state index contributed by atoms with van der Waals surface area (Å²) in [5, 5.41) is 3.73. The fraction of sp³-hybridized carbons (Fsp3) is 1.00. The van der Waals surface area contributed by atoms with Crippen molar-refractivity contribution in [3.8, 4) is 0 Å². The summed E-state index contributed by atoms with van der Waals surface area (Å²) in [4.78, 5) is 2.63. The molecule has 17 heavy (non-hydrogen) atoms. The van der Waals surface area contributed by atoms with E-state index in [9.17, 15) is 0 Å². The van der Waals surface area contributed by atoms with E-state index in [4.69, 9.17) is 0 Å². The molecule has 1 atom stereocenters. The van der Waals surface area contributed by atoms with Gasteiger partial charge in [-0.05, 0) is 65.0 Å². The van der Waals surface area contributed by atoms with E-state index >= 15 is 0 Å². The third-order valence-electron chi connectivity index (χ3n) is 4.91. The van der Waals surface area contributed by atoms with Gasteiger partial charge < -0.3 is 10.2 Å². The maximum Gasteiger partial charge on any atom is 0.0280 e. The molecule has 2 heteroatoms. The Hall–Kier alpha value is -0.0800. The van der Waals surface area contributed by atoms with Crippen LogP contribution in [0.15, 0.2) is 0 Å². The smallest absolute Gasteiger partial charge is 0.0280 e. The van der Waals surface area contributed by atoms with Gasteiger partial charge in [0.25, 0.3) is 0 Å². The summed E-state index contributed by atoms with van der Waals surface area (Å²) in [6, 6.07) is 0.840. The Morgan fingerprint density at radius 2 is 1.88 bits per heavy atom. The molecule has 0 bridgehead atoms. The van der Waals surface area contributed by atoms with Crippen LogP contribution in [0.4, 0.5) is 0 Å². The van der Waals surface area contributed by atoms with Gasteiger partial charge in [-0.3, -0.25) is 0 Å². The second-order valence-corrected chi connectivity index (χ2v) is 6.77. The number of nitrogens with one attached hydrogen (secondary N) is 1. The summed E-state index contributed by atoms with van der Waals surface area (Å²) >= 11 is 0. The van der Waals surface area contributed by atoms with Gasteiger partial charge in [-0.1, -0.05) is 13.3 Å². The summed E-state index contributed by atoms with van der Waals surface area (Å²) in [6.45, 7) is 7.26. The lowest BCUT2D eigenvalue weighted by Crippen LogP contribution is -2.54. The lowest BCUT2D eigenvalue weighted by Gasteiger charge is -2.42. The van der Waals surface area contributed by atoms with Crippen molar-refractivity contribution in [1.82, 2.24) is 10.2 Å². The molecule has 1 heterocycles. The SMILES string of the molecule is CC1CCC(N(C)CC2(C)CCCCN2)CC1. The number of piperidine rings is 1. The average Bonchev–Trinajstić information content (AvgIpc) is 2.30. The predicted octanol–water partition coefficient (Wildman–Crippen LogP) is 3.03. The van der Waals surface area contributed by atoms with Crippen molar-refractivity contribution in [3.63, 3.8) is 0 Å². The maximum atomic E-state index is 3.73. The van der Waals surface area contributed by atoms with Crippen molar-refractivity contribution < 1.29 is 0 Å². The van der Waals surface area contributed by atoms with Crippen molar-refractivity contribution in [2.75, 3.05) is 20.1 Å². The Morgan fingerprint density at radius 1 is 1.18 bits per heavy atom. The normalized spacial score (nSPS) is 39.5. The van der Waals surface area contributed by atoms with Crippen molar-refractivity contribution in [3.05, 3.63) is 0 Å². The van der Waals surface area contributed by atoms with Gasteiger partial charge in [0.1, 0.15) is 0 Å². The molecule has 0 aromatic carbocycles. The minimum atomic E-state index is 0.371. The maximum absolute atomic E-state index is 3.73. The molecule has 1 aliphatic heterocycles. The van der Waals surface area contributed by atoms with E-state index in [0.717, 1.165) is 12.0 Å². The molecule has 1 saturated heterocycles. The lowest BCUT2D eigenvalue weighted by atomic mass is 9.85. The molecule has 100 valence electrons. The standard InChI is InChI=1S/C15H30N2/c1-13-6-8-14(9-7-13)17(3)12-15(2)10-4-5-11-16-15/h13-14,16H,4-12H2,1-3H3. The van der Waals surface area contributed by atoms with Crippen molar-refractivity contribution in [1.29, 1.82) is 0 Å². The van der Waals surface area contributed by atoms with Crippen LogP contribution in [0, 0.1) is 5.92 Å². The molecule has 2 rings (SSSR count). The van der Waals surface area contributed by atoms with E-state index in [1.807, 2.05) is 0 Å². The van der Waals surface area contributed by atoms with Gasteiger partial charge in [-0.15, -0.1) is 0 Å². The fourth-order valence-corrected chi connectivity index (χ4v) is 3.62. The molecule has 1 unspecified atom stereocenters. The van der Waals surface area contributed by atoms with E-state index in [1.165, 1.54) is 58.0 Å². The molecule has 2 nitrogen and oxygen atoms in total. The van der Waals surface area contributed by atoms with Gasteiger partial charge in [0.2, 0.25) is 0 Å². The van der Waals surface area contributed by atoms with E-state index in [2.05, 4.69) is 31.1 Å². The highest BCUT2D eigenvalue weighted by Gasteiger charge is 2.30. The van der Waals surface area contributed by atoms with Crippen LogP contribution in [0.2, 0.25) is 0 Å². The van der Waals surface area contributed by atoms with Crippen LogP contribution < -0.4 is 5.32 Å². The van der Waals surface area contributed by atoms with Crippen molar-refractivity contribution in [2.45, 2.75) is 70.4 Å². The minimum Gasteiger partial charge on any atom is -0.310 e. The van der Waals surface area contributed by atoms with E-state index in [1.54, 1.807) is 0 Å². The first kappa shape index (κ1) is 13.4. The highest BCUT2D eigenvalue weighted by atomic mass is 15.2. The molecule has 0 aromatic rings. The van der Waals surface area contributed by atoms with Crippen LogP contribution in [-0.2, 0) is 0 Å². The molecule has 0 aromatic heterocycles.